The number of ether oxygens (including phenoxy) is 1. The van der Waals surface area contributed by atoms with Crippen molar-refractivity contribution in [3.8, 4) is 5.75 Å². The molecule has 0 bridgehead atoms. The van der Waals surface area contributed by atoms with Gasteiger partial charge in [-0.2, -0.15) is 12.6 Å². The predicted octanol–water partition coefficient (Wildman–Crippen LogP) is 0.983. The first-order valence-electron chi connectivity index (χ1n) is 5.82. The zero-order valence-electron chi connectivity index (χ0n) is 10.5. The second-order valence-electron chi connectivity index (χ2n) is 3.75. The highest BCUT2D eigenvalue weighted by Crippen LogP contribution is 2.15. The van der Waals surface area contributed by atoms with Crippen LogP contribution in [-0.4, -0.2) is 40.4 Å². The second-order valence-corrected chi connectivity index (χ2v) is 4.11. The van der Waals surface area contributed by atoms with Crippen LogP contribution < -0.4 is 10.1 Å². The summed E-state index contributed by atoms with van der Waals surface area (Å²) in [7, 11) is 0. The normalized spacial score (nSPS) is 11.7. The standard InChI is InChI=1S/C12H16N2O4S/c1-2-6-18-9-4-3-5-13-10(9)11(15)14-8(7-19)12(16)17/h3-5,8,19H,2,6-7H2,1H3,(H,14,15)(H,16,17)/t8-/m0/s1. The van der Waals surface area contributed by atoms with Crippen molar-refractivity contribution in [2.45, 2.75) is 19.4 Å². The molecule has 0 aliphatic rings. The van der Waals surface area contributed by atoms with Crippen molar-refractivity contribution in [1.82, 2.24) is 10.3 Å². The van der Waals surface area contributed by atoms with E-state index in [9.17, 15) is 9.59 Å². The van der Waals surface area contributed by atoms with Crippen molar-refractivity contribution in [2.75, 3.05) is 12.4 Å². The number of carboxylic acids is 1. The van der Waals surface area contributed by atoms with E-state index in [1.807, 2.05) is 6.92 Å². The Kier molecular flexibility index (Phi) is 6.14. The first-order valence-corrected chi connectivity index (χ1v) is 6.45. The molecular formula is C12H16N2O4S. The fourth-order valence-corrected chi connectivity index (χ4v) is 1.55. The smallest absolute Gasteiger partial charge is 0.327 e. The third-order valence-corrected chi connectivity index (χ3v) is 2.60. The summed E-state index contributed by atoms with van der Waals surface area (Å²) in [6, 6.07) is 2.21. The van der Waals surface area contributed by atoms with E-state index in [0.717, 1.165) is 6.42 Å². The average Bonchev–Trinajstić information content (AvgIpc) is 2.42. The zero-order chi connectivity index (χ0) is 14.3. The van der Waals surface area contributed by atoms with Crippen molar-refractivity contribution in [2.24, 2.45) is 0 Å². The highest BCUT2D eigenvalue weighted by Gasteiger charge is 2.21. The molecule has 0 aliphatic heterocycles. The van der Waals surface area contributed by atoms with Crippen molar-refractivity contribution in [3.05, 3.63) is 24.0 Å². The van der Waals surface area contributed by atoms with Gasteiger partial charge in [0.2, 0.25) is 0 Å². The number of hydrogen-bond donors (Lipinski definition) is 3. The Morgan fingerprint density at radius 1 is 1.58 bits per heavy atom. The summed E-state index contributed by atoms with van der Waals surface area (Å²) in [6.45, 7) is 2.40. The molecule has 19 heavy (non-hydrogen) atoms. The van der Waals surface area contributed by atoms with Gasteiger partial charge in [0.1, 0.15) is 6.04 Å². The maximum Gasteiger partial charge on any atom is 0.327 e. The van der Waals surface area contributed by atoms with Gasteiger partial charge in [0.05, 0.1) is 6.61 Å². The van der Waals surface area contributed by atoms with Gasteiger partial charge in [0.15, 0.2) is 11.4 Å². The van der Waals surface area contributed by atoms with Gasteiger partial charge in [-0.15, -0.1) is 0 Å². The number of hydrogen-bond acceptors (Lipinski definition) is 5. The highest BCUT2D eigenvalue weighted by molar-refractivity contribution is 7.80. The molecular weight excluding hydrogens is 268 g/mol. The third kappa shape index (κ3) is 4.44. The number of amides is 1. The number of rotatable bonds is 7. The zero-order valence-corrected chi connectivity index (χ0v) is 11.4. The number of pyridine rings is 1. The topological polar surface area (TPSA) is 88.5 Å². The molecule has 104 valence electrons. The minimum Gasteiger partial charge on any atom is -0.491 e. The number of aromatic nitrogens is 1. The lowest BCUT2D eigenvalue weighted by molar-refractivity contribution is -0.138. The van der Waals surface area contributed by atoms with Crippen LogP contribution in [0.15, 0.2) is 18.3 Å². The molecule has 1 aromatic heterocycles. The Labute approximate surface area is 116 Å². The molecule has 2 N–H and O–H groups in total. The number of aliphatic carboxylic acids is 1. The van der Waals surface area contributed by atoms with E-state index in [2.05, 4.69) is 22.9 Å². The largest absolute Gasteiger partial charge is 0.491 e. The number of nitrogens with one attached hydrogen (secondary N) is 1. The van der Waals surface area contributed by atoms with E-state index >= 15 is 0 Å². The summed E-state index contributed by atoms with van der Waals surface area (Å²) in [5, 5.41) is 11.2. The van der Waals surface area contributed by atoms with Gasteiger partial charge in [-0.3, -0.25) is 4.79 Å². The van der Waals surface area contributed by atoms with Crippen molar-refractivity contribution < 1.29 is 19.4 Å². The first-order chi connectivity index (χ1) is 9.10. The van der Waals surface area contributed by atoms with E-state index in [1.54, 1.807) is 12.1 Å². The van der Waals surface area contributed by atoms with Crippen LogP contribution in [0, 0.1) is 0 Å². The maximum absolute atomic E-state index is 12.0. The average molecular weight is 284 g/mol. The van der Waals surface area contributed by atoms with Crippen LogP contribution in [0.25, 0.3) is 0 Å². The minimum atomic E-state index is -1.14. The monoisotopic (exact) mass is 284 g/mol. The summed E-state index contributed by atoms with van der Waals surface area (Å²) in [5.74, 6) is -1.40. The van der Waals surface area contributed by atoms with Crippen molar-refractivity contribution in [1.29, 1.82) is 0 Å². The van der Waals surface area contributed by atoms with E-state index < -0.39 is 17.9 Å². The predicted molar refractivity (Wildman–Crippen MR) is 72.8 cm³/mol. The fraction of sp³-hybridized carbons (Fsp3) is 0.417. The van der Waals surface area contributed by atoms with Gasteiger partial charge in [-0.25, -0.2) is 9.78 Å². The number of thiol groups is 1. The van der Waals surface area contributed by atoms with Crippen LogP contribution in [0.4, 0.5) is 0 Å². The van der Waals surface area contributed by atoms with Crippen LogP contribution in [0.3, 0.4) is 0 Å². The van der Waals surface area contributed by atoms with Gasteiger partial charge in [0, 0.05) is 11.9 Å². The molecule has 1 atom stereocenters. The summed E-state index contributed by atoms with van der Waals surface area (Å²) < 4.78 is 5.39. The van der Waals surface area contributed by atoms with Crippen LogP contribution in [0.1, 0.15) is 23.8 Å². The number of carboxylic acid groups (broad SMARTS) is 1. The van der Waals surface area contributed by atoms with Crippen LogP contribution in [0.2, 0.25) is 0 Å². The third-order valence-electron chi connectivity index (χ3n) is 2.23. The number of carbonyl (C=O) groups is 2. The molecule has 6 nitrogen and oxygen atoms in total. The highest BCUT2D eigenvalue weighted by atomic mass is 32.1. The first kappa shape index (κ1) is 15.3. The Bertz CT molecular complexity index is 453. The van der Waals surface area contributed by atoms with Gasteiger partial charge in [0.25, 0.3) is 5.91 Å². The molecule has 0 aromatic carbocycles. The van der Waals surface area contributed by atoms with Gasteiger partial charge >= 0.3 is 5.97 Å². The molecule has 0 fully saturated rings. The second kappa shape index (κ2) is 7.63. The molecule has 0 radical (unpaired) electrons. The molecule has 1 rings (SSSR count). The van der Waals surface area contributed by atoms with Crippen LogP contribution in [0.5, 0.6) is 5.75 Å². The molecule has 0 unspecified atom stereocenters. The van der Waals surface area contributed by atoms with Crippen LogP contribution in [-0.2, 0) is 4.79 Å². The number of carbonyl (C=O) groups excluding carboxylic acids is 1. The lowest BCUT2D eigenvalue weighted by atomic mass is 10.2. The molecule has 1 amide bonds. The summed E-state index contributed by atoms with van der Waals surface area (Å²) >= 11 is 3.88. The Morgan fingerprint density at radius 3 is 2.89 bits per heavy atom. The summed E-state index contributed by atoms with van der Waals surface area (Å²) in [5.41, 5.74) is 0.0731. The minimum absolute atomic E-state index is 0.000935. The number of nitrogens with zero attached hydrogens (tertiary/aromatic N) is 1. The summed E-state index contributed by atoms with van der Waals surface area (Å²) in [6.07, 6.45) is 2.24. The van der Waals surface area contributed by atoms with E-state index in [0.29, 0.717) is 12.4 Å². The van der Waals surface area contributed by atoms with Crippen molar-refractivity contribution in [3.63, 3.8) is 0 Å². The lowest BCUT2D eigenvalue weighted by Crippen LogP contribution is -2.42. The Hall–Kier alpha value is -1.76. The van der Waals surface area contributed by atoms with Crippen LogP contribution >= 0.6 is 12.6 Å². The molecule has 0 spiro atoms. The fourth-order valence-electron chi connectivity index (χ4n) is 1.30. The molecule has 0 saturated heterocycles. The van der Waals surface area contributed by atoms with E-state index in [-0.39, 0.29) is 11.4 Å². The Morgan fingerprint density at radius 2 is 2.32 bits per heavy atom. The quantitative estimate of drug-likeness (QED) is 0.650. The molecule has 0 saturated carbocycles. The van der Waals surface area contributed by atoms with Gasteiger partial charge in [-0.1, -0.05) is 6.92 Å². The van der Waals surface area contributed by atoms with Gasteiger partial charge in [-0.05, 0) is 18.6 Å². The lowest BCUT2D eigenvalue weighted by Gasteiger charge is -2.13. The Balaban J connectivity index is 2.83. The molecule has 0 aliphatic carbocycles. The van der Waals surface area contributed by atoms with Crippen molar-refractivity contribution >= 4 is 24.5 Å². The SMILES string of the molecule is CCCOc1cccnc1C(=O)N[C@@H](CS)C(=O)O. The molecule has 7 heteroatoms. The van der Waals surface area contributed by atoms with E-state index in [1.165, 1.54) is 6.20 Å². The van der Waals surface area contributed by atoms with E-state index in [4.69, 9.17) is 9.84 Å². The molecule has 1 heterocycles. The van der Waals surface area contributed by atoms with Gasteiger partial charge < -0.3 is 15.2 Å². The summed E-state index contributed by atoms with van der Waals surface area (Å²) in [4.78, 5) is 26.7. The maximum atomic E-state index is 12.0. The molecule has 1 aromatic rings.